The Kier molecular flexibility index (Phi) is 3.36. The summed E-state index contributed by atoms with van der Waals surface area (Å²) in [5.41, 5.74) is 2.93. The summed E-state index contributed by atoms with van der Waals surface area (Å²) >= 11 is 5.82. The van der Waals surface area contributed by atoms with Crippen LogP contribution in [0.15, 0.2) is 28.3 Å². The zero-order chi connectivity index (χ0) is 11.4. The van der Waals surface area contributed by atoms with Crippen molar-refractivity contribution in [3.63, 3.8) is 0 Å². The lowest BCUT2D eigenvalue weighted by molar-refractivity contribution is 0.626. The molecule has 0 saturated carbocycles. The minimum absolute atomic E-state index is 0.260. The summed E-state index contributed by atoms with van der Waals surface area (Å²) in [6.07, 6.45) is 1.33. The molecule has 1 aliphatic rings. The lowest BCUT2D eigenvalue weighted by Crippen LogP contribution is -2.30. The maximum absolute atomic E-state index is 13.3. The minimum atomic E-state index is -0.403. The summed E-state index contributed by atoms with van der Waals surface area (Å²) in [6, 6.07) is 4.49. The van der Waals surface area contributed by atoms with Crippen LogP contribution in [0.5, 0.6) is 0 Å². The summed E-state index contributed by atoms with van der Waals surface area (Å²) in [6.45, 7) is 1.51. The lowest BCUT2D eigenvalue weighted by atomic mass is 10.2. The molecule has 1 aliphatic heterocycles. The van der Waals surface area contributed by atoms with E-state index >= 15 is 0 Å². The van der Waals surface area contributed by atoms with Crippen LogP contribution in [0.4, 0.5) is 4.39 Å². The normalized spacial score (nSPS) is 15.0. The van der Waals surface area contributed by atoms with Crippen molar-refractivity contribution in [2.24, 2.45) is 10.1 Å². The first-order valence-corrected chi connectivity index (χ1v) is 5.16. The molecule has 2 rings (SSSR count). The molecule has 4 nitrogen and oxygen atoms in total. The number of guanidine groups is 1. The monoisotopic (exact) mass is 240 g/mol. The molecule has 1 heterocycles. The summed E-state index contributed by atoms with van der Waals surface area (Å²) in [5, 5.41) is 7.15. The third kappa shape index (κ3) is 2.49. The van der Waals surface area contributed by atoms with E-state index < -0.39 is 5.82 Å². The molecule has 0 amide bonds. The highest BCUT2D eigenvalue weighted by atomic mass is 35.5. The number of halogens is 2. The van der Waals surface area contributed by atoms with Crippen LogP contribution >= 0.6 is 11.6 Å². The maximum Gasteiger partial charge on any atom is 0.212 e. The molecule has 2 N–H and O–H groups in total. The molecule has 0 aromatic heterocycles. The van der Waals surface area contributed by atoms with E-state index in [-0.39, 0.29) is 5.56 Å². The molecule has 0 fully saturated rings. The van der Waals surface area contributed by atoms with Gasteiger partial charge in [0, 0.05) is 12.1 Å². The van der Waals surface area contributed by atoms with Crippen LogP contribution in [-0.2, 0) is 0 Å². The van der Waals surface area contributed by atoms with E-state index in [2.05, 4.69) is 20.8 Å². The second kappa shape index (κ2) is 4.94. The quantitative estimate of drug-likeness (QED) is 0.606. The average molecular weight is 241 g/mol. The van der Waals surface area contributed by atoms with E-state index in [1.165, 1.54) is 12.3 Å². The van der Waals surface area contributed by atoms with E-state index in [9.17, 15) is 4.39 Å². The predicted octanol–water partition coefficient (Wildman–Crippen LogP) is 1.36. The van der Waals surface area contributed by atoms with Gasteiger partial charge in [0.1, 0.15) is 5.82 Å². The second-order valence-corrected chi connectivity index (χ2v) is 3.57. The fraction of sp³-hybridized carbons (Fsp3) is 0.200. The molecule has 0 saturated heterocycles. The van der Waals surface area contributed by atoms with E-state index in [4.69, 9.17) is 11.6 Å². The Morgan fingerprint density at radius 1 is 1.56 bits per heavy atom. The van der Waals surface area contributed by atoms with Crippen molar-refractivity contribution < 1.29 is 4.39 Å². The first-order valence-electron chi connectivity index (χ1n) is 4.79. The van der Waals surface area contributed by atoms with Crippen LogP contribution < -0.4 is 10.7 Å². The van der Waals surface area contributed by atoms with E-state index in [0.717, 1.165) is 13.1 Å². The van der Waals surface area contributed by atoms with Gasteiger partial charge in [-0.1, -0.05) is 17.7 Å². The summed E-state index contributed by atoms with van der Waals surface area (Å²) in [4.78, 5) is 4.07. The number of benzene rings is 1. The fourth-order valence-electron chi connectivity index (χ4n) is 1.26. The summed E-state index contributed by atoms with van der Waals surface area (Å²) in [7, 11) is 0. The van der Waals surface area contributed by atoms with Gasteiger partial charge in [-0.3, -0.25) is 0 Å². The Morgan fingerprint density at radius 2 is 2.44 bits per heavy atom. The van der Waals surface area contributed by atoms with Crippen molar-refractivity contribution in [1.82, 2.24) is 10.7 Å². The highest BCUT2D eigenvalue weighted by Gasteiger charge is 2.04. The second-order valence-electron chi connectivity index (χ2n) is 3.16. The van der Waals surface area contributed by atoms with Crippen molar-refractivity contribution in [2.45, 2.75) is 0 Å². The van der Waals surface area contributed by atoms with Crippen LogP contribution in [0.2, 0.25) is 5.02 Å². The minimum Gasteiger partial charge on any atom is -0.353 e. The Bertz CT molecular complexity index is 424. The van der Waals surface area contributed by atoms with Gasteiger partial charge in [0.05, 0.1) is 17.8 Å². The van der Waals surface area contributed by atoms with Gasteiger partial charge in [-0.25, -0.2) is 14.8 Å². The van der Waals surface area contributed by atoms with Crippen LogP contribution in [0.3, 0.4) is 0 Å². The van der Waals surface area contributed by atoms with Crippen molar-refractivity contribution >= 4 is 23.8 Å². The number of aliphatic imine (C=N–C) groups is 1. The van der Waals surface area contributed by atoms with Crippen molar-refractivity contribution in [2.75, 3.05) is 13.1 Å². The predicted molar refractivity (Wildman–Crippen MR) is 62.4 cm³/mol. The highest BCUT2D eigenvalue weighted by molar-refractivity contribution is 6.33. The molecule has 0 bridgehead atoms. The smallest absolute Gasteiger partial charge is 0.212 e. The van der Waals surface area contributed by atoms with Crippen molar-refractivity contribution in [1.29, 1.82) is 0 Å². The summed E-state index contributed by atoms with van der Waals surface area (Å²) < 4.78 is 13.3. The molecule has 1 aromatic carbocycles. The average Bonchev–Trinajstić information content (AvgIpc) is 2.75. The van der Waals surface area contributed by atoms with Crippen LogP contribution in [-0.4, -0.2) is 25.3 Å². The number of hydrazone groups is 1. The van der Waals surface area contributed by atoms with Gasteiger partial charge in [0.15, 0.2) is 0 Å². The van der Waals surface area contributed by atoms with Crippen molar-refractivity contribution in [3.05, 3.63) is 34.6 Å². The Hall–Kier alpha value is -1.62. The van der Waals surface area contributed by atoms with E-state index in [1.807, 2.05) is 0 Å². The molecule has 0 spiro atoms. The first kappa shape index (κ1) is 10.9. The molecular weight excluding hydrogens is 231 g/mol. The number of nitrogens with one attached hydrogen (secondary N) is 2. The molecule has 84 valence electrons. The van der Waals surface area contributed by atoms with Gasteiger partial charge in [0.25, 0.3) is 0 Å². The Morgan fingerprint density at radius 3 is 3.12 bits per heavy atom. The maximum atomic E-state index is 13.3. The third-order valence-electron chi connectivity index (χ3n) is 2.04. The van der Waals surface area contributed by atoms with Crippen LogP contribution in [0, 0.1) is 5.82 Å². The Balaban J connectivity index is 2.05. The fourth-order valence-corrected chi connectivity index (χ4v) is 1.48. The zero-order valence-electron chi connectivity index (χ0n) is 8.37. The van der Waals surface area contributed by atoms with Crippen molar-refractivity contribution in [3.8, 4) is 0 Å². The topological polar surface area (TPSA) is 48.8 Å². The summed E-state index contributed by atoms with van der Waals surface area (Å²) in [5.74, 6) is 0.183. The van der Waals surface area contributed by atoms with Gasteiger partial charge >= 0.3 is 0 Å². The highest BCUT2D eigenvalue weighted by Crippen LogP contribution is 2.16. The molecule has 0 radical (unpaired) electrons. The molecule has 6 heteroatoms. The van der Waals surface area contributed by atoms with Gasteiger partial charge < -0.3 is 5.32 Å². The molecule has 0 unspecified atom stereocenters. The third-order valence-corrected chi connectivity index (χ3v) is 2.37. The van der Waals surface area contributed by atoms with Crippen LogP contribution in [0.25, 0.3) is 0 Å². The number of hydrogen-bond donors (Lipinski definition) is 2. The van der Waals surface area contributed by atoms with Gasteiger partial charge in [-0.15, -0.1) is 0 Å². The van der Waals surface area contributed by atoms with Crippen LogP contribution in [0.1, 0.15) is 5.56 Å². The molecule has 0 aliphatic carbocycles. The van der Waals surface area contributed by atoms with Gasteiger partial charge in [-0.2, -0.15) is 5.10 Å². The molecule has 1 aromatic rings. The Labute approximate surface area is 97.2 Å². The van der Waals surface area contributed by atoms with Gasteiger partial charge in [0.2, 0.25) is 5.96 Å². The number of rotatable bonds is 2. The number of hydrogen-bond acceptors (Lipinski definition) is 4. The molecular formula is C10H10ClFN4. The molecule has 0 atom stereocenters. The lowest BCUT2D eigenvalue weighted by Gasteiger charge is -2.01. The largest absolute Gasteiger partial charge is 0.353 e. The SMILES string of the molecule is Fc1cccc(Cl)c1C=NNC1=NCCN1. The van der Waals surface area contributed by atoms with E-state index in [1.54, 1.807) is 12.1 Å². The number of nitrogens with zero attached hydrogens (tertiary/aromatic N) is 2. The first-order chi connectivity index (χ1) is 7.77. The van der Waals surface area contributed by atoms with E-state index in [0.29, 0.717) is 11.0 Å². The molecule has 16 heavy (non-hydrogen) atoms. The zero-order valence-corrected chi connectivity index (χ0v) is 9.13. The standard InChI is InChI=1S/C10H10ClFN4/c11-8-2-1-3-9(12)7(8)6-15-16-10-13-4-5-14-10/h1-3,6H,4-5H2,(H2,13,14,16). The van der Waals surface area contributed by atoms with Gasteiger partial charge in [-0.05, 0) is 12.1 Å².